The fraction of sp³-hybridized carbons (Fsp3) is 0.571. The molecule has 0 amide bonds. The fourth-order valence-electron chi connectivity index (χ4n) is 1.61. The predicted octanol–water partition coefficient (Wildman–Crippen LogP) is -0.0864. The van der Waals surface area contributed by atoms with E-state index in [1.54, 1.807) is 4.68 Å². The molecule has 0 fully saturated rings. The first-order chi connectivity index (χ1) is 6.03. The number of anilines is 1. The normalized spacial score (nSPS) is 18.8. The lowest BCUT2D eigenvalue weighted by Crippen LogP contribution is -2.06. The Hall–Kier alpha value is -1.04. The summed E-state index contributed by atoms with van der Waals surface area (Å²) >= 11 is 0. The number of hydrogen-bond donors (Lipinski definition) is 1. The Morgan fingerprint density at radius 1 is 1.54 bits per heavy atom. The largest absolute Gasteiger partial charge is 0.382 e. The maximum atomic E-state index is 11.3. The van der Waals surface area contributed by atoms with E-state index in [9.17, 15) is 8.42 Å². The zero-order valence-corrected chi connectivity index (χ0v) is 8.13. The predicted molar refractivity (Wildman–Crippen MR) is 48.6 cm³/mol. The van der Waals surface area contributed by atoms with E-state index in [-0.39, 0.29) is 11.5 Å². The van der Waals surface area contributed by atoms with Crippen molar-refractivity contribution < 1.29 is 8.42 Å². The van der Waals surface area contributed by atoms with Gasteiger partial charge in [0, 0.05) is 12.1 Å². The lowest BCUT2D eigenvalue weighted by Gasteiger charge is -1.98. The maximum Gasteiger partial charge on any atom is 0.160 e. The molecule has 6 heteroatoms. The molecule has 0 radical (unpaired) electrons. The van der Waals surface area contributed by atoms with Crippen molar-refractivity contribution in [3.8, 4) is 0 Å². The first-order valence-corrected chi connectivity index (χ1v) is 5.90. The van der Waals surface area contributed by atoms with Gasteiger partial charge in [-0.2, -0.15) is 5.10 Å². The first-order valence-electron chi connectivity index (χ1n) is 4.08. The lowest BCUT2D eigenvalue weighted by molar-refractivity contribution is 0.591. The van der Waals surface area contributed by atoms with Crippen LogP contribution in [-0.4, -0.2) is 18.2 Å². The standard InChI is InChI=1S/C7H11N3O2S/c1-2-10-6-4-13(11,12)3-5(6)7(8)9-10/h2-4H2,1H3,(H2,8,9). The van der Waals surface area contributed by atoms with Gasteiger partial charge in [0.2, 0.25) is 0 Å². The molecule has 5 nitrogen and oxygen atoms in total. The van der Waals surface area contributed by atoms with Gasteiger partial charge in [0.05, 0.1) is 17.2 Å². The van der Waals surface area contributed by atoms with Crippen LogP contribution in [0.4, 0.5) is 5.82 Å². The highest BCUT2D eigenvalue weighted by atomic mass is 32.2. The van der Waals surface area contributed by atoms with Gasteiger partial charge in [0.15, 0.2) is 9.84 Å². The molecule has 1 aromatic rings. The van der Waals surface area contributed by atoms with Crippen molar-refractivity contribution in [2.24, 2.45) is 0 Å². The van der Waals surface area contributed by atoms with E-state index in [2.05, 4.69) is 5.10 Å². The van der Waals surface area contributed by atoms with Crippen molar-refractivity contribution in [2.75, 3.05) is 5.73 Å². The minimum absolute atomic E-state index is 0.0498. The zero-order chi connectivity index (χ0) is 9.64. The Balaban J connectivity index is 2.58. The van der Waals surface area contributed by atoms with Crippen LogP contribution in [0.3, 0.4) is 0 Å². The van der Waals surface area contributed by atoms with Crippen molar-refractivity contribution in [1.29, 1.82) is 0 Å². The van der Waals surface area contributed by atoms with Crippen molar-refractivity contribution >= 4 is 15.7 Å². The zero-order valence-electron chi connectivity index (χ0n) is 7.32. The third kappa shape index (κ3) is 1.21. The van der Waals surface area contributed by atoms with Crippen molar-refractivity contribution in [3.05, 3.63) is 11.3 Å². The molecule has 1 aliphatic heterocycles. The van der Waals surface area contributed by atoms with Gasteiger partial charge in [-0.05, 0) is 6.92 Å². The summed E-state index contributed by atoms with van der Waals surface area (Å²) in [6, 6.07) is 0. The van der Waals surface area contributed by atoms with Crippen LogP contribution in [0.15, 0.2) is 0 Å². The molecule has 1 aliphatic rings. The summed E-state index contributed by atoms with van der Waals surface area (Å²) in [4.78, 5) is 0. The minimum atomic E-state index is -2.96. The molecule has 0 aromatic carbocycles. The van der Waals surface area contributed by atoms with Gasteiger partial charge in [-0.3, -0.25) is 4.68 Å². The van der Waals surface area contributed by atoms with Crippen LogP contribution in [0.5, 0.6) is 0 Å². The van der Waals surface area contributed by atoms with Crippen LogP contribution < -0.4 is 5.73 Å². The second kappa shape index (κ2) is 2.47. The van der Waals surface area contributed by atoms with Crippen molar-refractivity contribution in [1.82, 2.24) is 9.78 Å². The minimum Gasteiger partial charge on any atom is -0.382 e. The van der Waals surface area contributed by atoms with E-state index in [4.69, 9.17) is 5.73 Å². The number of nitrogens with two attached hydrogens (primary N) is 1. The van der Waals surface area contributed by atoms with Crippen molar-refractivity contribution in [3.63, 3.8) is 0 Å². The number of aromatic nitrogens is 2. The van der Waals surface area contributed by atoms with Gasteiger partial charge in [-0.15, -0.1) is 0 Å². The second-order valence-electron chi connectivity index (χ2n) is 3.16. The highest BCUT2D eigenvalue weighted by Gasteiger charge is 2.30. The van der Waals surface area contributed by atoms with Crippen LogP contribution in [0, 0.1) is 0 Å². The highest BCUT2D eigenvalue weighted by molar-refractivity contribution is 7.90. The summed E-state index contributed by atoms with van der Waals surface area (Å²) in [5.74, 6) is 0.493. The molecule has 2 N–H and O–H groups in total. The van der Waals surface area contributed by atoms with E-state index in [1.165, 1.54) is 0 Å². The molecule has 0 saturated heterocycles. The number of aryl methyl sites for hydroxylation is 1. The Kier molecular flexibility index (Phi) is 1.63. The molecule has 2 rings (SSSR count). The topological polar surface area (TPSA) is 78.0 Å². The van der Waals surface area contributed by atoms with Gasteiger partial charge in [0.1, 0.15) is 5.82 Å². The average Bonchev–Trinajstić information content (AvgIpc) is 2.47. The monoisotopic (exact) mass is 201 g/mol. The molecule has 2 heterocycles. The molecule has 0 atom stereocenters. The van der Waals surface area contributed by atoms with Gasteiger partial charge in [-0.25, -0.2) is 8.42 Å². The molecule has 1 aromatic heterocycles. The summed E-state index contributed by atoms with van der Waals surface area (Å²) in [7, 11) is -2.96. The van der Waals surface area contributed by atoms with E-state index < -0.39 is 9.84 Å². The van der Waals surface area contributed by atoms with Gasteiger partial charge < -0.3 is 5.73 Å². The molecule has 0 unspecified atom stereocenters. The molecule has 0 bridgehead atoms. The lowest BCUT2D eigenvalue weighted by atomic mass is 10.3. The summed E-state index contributed by atoms with van der Waals surface area (Å²) < 4.78 is 24.2. The second-order valence-corrected chi connectivity index (χ2v) is 5.22. The van der Waals surface area contributed by atoms with Crippen molar-refractivity contribution in [2.45, 2.75) is 25.0 Å². The fourth-order valence-corrected chi connectivity index (χ4v) is 3.21. The number of sulfone groups is 1. The molecule has 0 saturated carbocycles. The number of hydrogen-bond acceptors (Lipinski definition) is 4. The Bertz CT molecular complexity index is 447. The van der Waals surface area contributed by atoms with E-state index in [0.717, 1.165) is 5.69 Å². The summed E-state index contributed by atoms with van der Waals surface area (Å²) in [6.07, 6.45) is 0. The van der Waals surface area contributed by atoms with Crippen LogP contribution in [-0.2, 0) is 27.9 Å². The highest BCUT2D eigenvalue weighted by Crippen LogP contribution is 2.29. The molecular formula is C7H11N3O2S. The van der Waals surface area contributed by atoms with Crippen LogP contribution >= 0.6 is 0 Å². The molecule has 0 spiro atoms. The Morgan fingerprint density at radius 3 is 2.85 bits per heavy atom. The Morgan fingerprint density at radius 2 is 2.23 bits per heavy atom. The van der Waals surface area contributed by atoms with Gasteiger partial charge in [0.25, 0.3) is 0 Å². The molecule has 72 valence electrons. The van der Waals surface area contributed by atoms with Crippen LogP contribution in [0.25, 0.3) is 0 Å². The smallest absolute Gasteiger partial charge is 0.160 e. The van der Waals surface area contributed by atoms with Gasteiger partial charge in [-0.1, -0.05) is 0 Å². The third-order valence-electron chi connectivity index (χ3n) is 2.22. The summed E-state index contributed by atoms with van der Waals surface area (Å²) in [6.45, 7) is 2.58. The quantitative estimate of drug-likeness (QED) is 0.689. The number of nitrogen functional groups attached to an aromatic ring is 1. The van der Waals surface area contributed by atoms with Crippen LogP contribution in [0.2, 0.25) is 0 Å². The molecule has 13 heavy (non-hydrogen) atoms. The third-order valence-corrected chi connectivity index (χ3v) is 3.66. The van der Waals surface area contributed by atoms with E-state index in [1.807, 2.05) is 6.92 Å². The Labute approximate surface area is 76.5 Å². The average molecular weight is 201 g/mol. The van der Waals surface area contributed by atoms with Gasteiger partial charge >= 0.3 is 0 Å². The first kappa shape index (κ1) is 8.55. The maximum absolute atomic E-state index is 11.3. The van der Waals surface area contributed by atoms with Crippen LogP contribution in [0.1, 0.15) is 18.2 Å². The number of rotatable bonds is 1. The SMILES string of the molecule is CCn1nc(N)c2c1CS(=O)(=O)C2. The number of fused-ring (bicyclic) bond motifs is 1. The molecular weight excluding hydrogens is 190 g/mol. The molecule has 0 aliphatic carbocycles. The number of nitrogens with zero attached hydrogens (tertiary/aromatic N) is 2. The van der Waals surface area contributed by atoms with E-state index in [0.29, 0.717) is 17.9 Å². The van der Waals surface area contributed by atoms with E-state index >= 15 is 0 Å². The summed E-state index contributed by atoms with van der Waals surface area (Å²) in [5.41, 5.74) is 7.05. The summed E-state index contributed by atoms with van der Waals surface area (Å²) in [5, 5.41) is 4.05.